The van der Waals surface area contributed by atoms with Gasteiger partial charge in [0.1, 0.15) is 0 Å². The van der Waals surface area contributed by atoms with E-state index < -0.39 is 4.92 Å². The van der Waals surface area contributed by atoms with Gasteiger partial charge in [-0.15, -0.1) is 0 Å². The van der Waals surface area contributed by atoms with E-state index in [4.69, 9.17) is 0 Å². The average molecular weight is 280 g/mol. The Bertz CT molecular complexity index is 440. The van der Waals surface area contributed by atoms with Crippen LogP contribution in [0.25, 0.3) is 0 Å². The van der Waals surface area contributed by atoms with E-state index in [0.29, 0.717) is 5.57 Å². The summed E-state index contributed by atoms with van der Waals surface area (Å²) in [6.07, 6.45) is 4.00. The lowest BCUT2D eigenvalue weighted by Gasteiger charge is -2.16. The van der Waals surface area contributed by atoms with Crippen LogP contribution >= 0.6 is 0 Å². The van der Waals surface area contributed by atoms with Crippen LogP contribution in [-0.2, 0) is 0 Å². The van der Waals surface area contributed by atoms with Crippen LogP contribution in [-0.4, -0.2) is 19.0 Å². The molecular weight excluding hydrogens is 256 g/mol. The number of nitrogens with one attached hydrogen (secondary N) is 3. The summed E-state index contributed by atoms with van der Waals surface area (Å²) >= 11 is 0. The van der Waals surface area contributed by atoms with E-state index in [1.165, 1.54) is 6.08 Å². The van der Waals surface area contributed by atoms with Gasteiger partial charge in [-0.1, -0.05) is 19.6 Å². The van der Waals surface area contributed by atoms with Gasteiger partial charge in [-0.05, 0) is 25.8 Å². The Morgan fingerprint density at radius 2 is 1.90 bits per heavy atom. The van der Waals surface area contributed by atoms with Crippen LogP contribution < -0.4 is 16.2 Å². The summed E-state index contributed by atoms with van der Waals surface area (Å²) < 4.78 is 0. The standard InChI is InChI=1S/C14H24N4O2/c1-7-12(15-5)14(17-16-6)11(4)8-9-13(10(2)3)18(19)20/h8-9,15-17H,2,7H2,1,3-6H3/b11-8+,13-9+,14-12+. The van der Waals surface area contributed by atoms with E-state index in [1.807, 2.05) is 20.9 Å². The fourth-order valence-electron chi connectivity index (χ4n) is 1.66. The summed E-state index contributed by atoms with van der Waals surface area (Å²) in [5, 5.41) is 14.0. The van der Waals surface area contributed by atoms with Crippen LogP contribution in [0.15, 0.2) is 47.0 Å². The molecule has 0 fully saturated rings. The number of hydrogen-bond acceptors (Lipinski definition) is 5. The molecule has 0 rings (SSSR count). The van der Waals surface area contributed by atoms with E-state index in [1.54, 1.807) is 20.0 Å². The van der Waals surface area contributed by atoms with E-state index >= 15 is 0 Å². The van der Waals surface area contributed by atoms with Gasteiger partial charge in [0.25, 0.3) is 5.70 Å². The Balaban J connectivity index is 5.57. The third-order valence-electron chi connectivity index (χ3n) is 2.73. The van der Waals surface area contributed by atoms with Crippen LogP contribution in [0.1, 0.15) is 27.2 Å². The van der Waals surface area contributed by atoms with Crippen molar-refractivity contribution in [2.45, 2.75) is 27.2 Å². The van der Waals surface area contributed by atoms with Crippen molar-refractivity contribution in [2.24, 2.45) is 0 Å². The molecule has 0 spiro atoms. The average Bonchev–Trinajstić information content (AvgIpc) is 2.38. The highest BCUT2D eigenvalue weighted by Crippen LogP contribution is 2.14. The fraction of sp³-hybridized carbons (Fsp3) is 0.429. The van der Waals surface area contributed by atoms with Crippen LogP contribution in [0.3, 0.4) is 0 Å². The minimum Gasteiger partial charge on any atom is -0.390 e. The molecule has 0 bridgehead atoms. The lowest BCUT2D eigenvalue weighted by Crippen LogP contribution is -2.30. The van der Waals surface area contributed by atoms with Gasteiger partial charge in [0.05, 0.1) is 10.6 Å². The topological polar surface area (TPSA) is 79.2 Å². The van der Waals surface area contributed by atoms with Gasteiger partial charge >= 0.3 is 0 Å². The molecule has 3 N–H and O–H groups in total. The first-order chi connectivity index (χ1) is 9.38. The summed E-state index contributed by atoms with van der Waals surface area (Å²) in [7, 11) is 3.61. The first-order valence-electron chi connectivity index (χ1n) is 6.41. The Kier molecular flexibility index (Phi) is 8.00. The zero-order valence-electron chi connectivity index (χ0n) is 12.8. The number of hydrogen-bond donors (Lipinski definition) is 3. The molecular formula is C14H24N4O2. The molecule has 0 aromatic carbocycles. The zero-order valence-corrected chi connectivity index (χ0v) is 12.8. The molecule has 0 atom stereocenters. The van der Waals surface area contributed by atoms with Crippen molar-refractivity contribution in [2.75, 3.05) is 14.1 Å². The molecule has 0 aromatic rings. The molecule has 0 aliphatic rings. The van der Waals surface area contributed by atoms with Crippen molar-refractivity contribution < 1.29 is 4.92 Å². The van der Waals surface area contributed by atoms with E-state index in [-0.39, 0.29) is 5.70 Å². The maximum atomic E-state index is 10.9. The second kappa shape index (κ2) is 8.92. The van der Waals surface area contributed by atoms with E-state index in [9.17, 15) is 10.1 Å². The maximum Gasteiger partial charge on any atom is 0.271 e. The van der Waals surface area contributed by atoms with Gasteiger partial charge < -0.3 is 10.7 Å². The second-order valence-electron chi connectivity index (χ2n) is 4.27. The molecule has 0 unspecified atom stereocenters. The summed E-state index contributed by atoms with van der Waals surface area (Å²) in [5.41, 5.74) is 9.12. The maximum absolute atomic E-state index is 10.9. The molecule has 0 heterocycles. The highest BCUT2D eigenvalue weighted by Gasteiger charge is 2.10. The molecule has 0 aromatic heterocycles. The fourth-order valence-corrected chi connectivity index (χ4v) is 1.66. The van der Waals surface area contributed by atoms with Gasteiger partial charge in [-0.3, -0.25) is 10.1 Å². The lowest BCUT2D eigenvalue weighted by atomic mass is 10.1. The number of nitro groups is 1. The van der Waals surface area contributed by atoms with Crippen molar-refractivity contribution >= 4 is 0 Å². The van der Waals surface area contributed by atoms with Crippen molar-refractivity contribution in [1.29, 1.82) is 0 Å². The number of hydrazine groups is 1. The predicted octanol–water partition coefficient (Wildman–Crippen LogP) is 2.23. The largest absolute Gasteiger partial charge is 0.390 e. The van der Waals surface area contributed by atoms with Crippen molar-refractivity contribution in [3.05, 3.63) is 57.1 Å². The quantitative estimate of drug-likeness (QED) is 0.361. The Hall–Kier alpha value is -2.08. The summed E-state index contributed by atoms with van der Waals surface area (Å²) in [5.74, 6) is 0. The molecule has 0 amide bonds. The van der Waals surface area contributed by atoms with Crippen LogP contribution in [0.5, 0.6) is 0 Å². The first-order valence-corrected chi connectivity index (χ1v) is 6.41. The van der Waals surface area contributed by atoms with Crippen molar-refractivity contribution in [3.8, 4) is 0 Å². The predicted molar refractivity (Wildman–Crippen MR) is 82.2 cm³/mol. The Labute approximate surface area is 120 Å². The molecule has 0 saturated heterocycles. The first kappa shape index (κ1) is 17.9. The van der Waals surface area contributed by atoms with Crippen molar-refractivity contribution in [1.82, 2.24) is 16.2 Å². The molecule has 0 aliphatic carbocycles. The summed E-state index contributed by atoms with van der Waals surface area (Å²) in [6, 6.07) is 0. The normalized spacial score (nSPS) is 13.7. The number of allylic oxidation sites excluding steroid dienone is 5. The highest BCUT2D eigenvalue weighted by atomic mass is 16.6. The van der Waals surface area contributed by atoms with Gasteiger partial charge in [0.15, 0.2) is 0 Å². The SMILES string of the molecule is C=C(C)\C(=C/C=C(C)/C(NNC)=C(/CC)NC)[N+](=O)[O-]. The molecule has 6 nitrogen and oxygen atoms in total. The third kappa shape index (κ3) is 5.27. The van der Waals surface area contributed by atoms with E-state index in [2.05, 4.69) is 22.7 Å². The smallest absolute Gasteiger partial charge is 0.271 e. The molecule has 0 radical (unpaired) electrons. The monoisotopic (exact) mass is 280 g/mol. The number of nitrogens with zero attached hydrogens (tertiary/aromatic N) is 1. The van der Waals surface area contributed by atoms with Gasteiger partial charge in [0.2, 0.25) is 0 Å². The van der Waals surface area contributed by atoms with Crippen LogP contribution in [0.4, 0.5) is 0 Å². The lowest BCUT2D eigenvalue weighted by molar-refractivity contribution is -0.420. The number of rotatable bonds is 8. The van der Waals surface area contributed by atoms with Crippen molar-refractivity contribution in [3.63, 3.8) is 0 Å². The van der Waals surface area contributed by atoms with Gasteiger partial charge in [0, 0.05) is 31.4 Å². The molecule has 6 heteroatoms. The van der Waals surface area contributed by atoms with Gasteiger partial charge in [-0.2, -0.15) is 0 Å². The zero-order chi connectivity index (χ0) is 15.7. The minimum absolute atomic E-state index is 0.00987. The van der Waals surface area contributed by atoms with Gasteiger partial charge in [-0.25, -0.2) is 5.43 Å². The molecule has 112 valence electrons. The second-order valence-corrected chi connectivity index (χ2v) is 4.27. The third-order valence-corrected chi connectivity index (χ3v) is 2.73. The summed E-state index contributed by atoms with van der Waals surface area (Å²) in [4.78, 5) is 10.5. The molecule has 20 heavy (non-hydrogen) atoms. The van der Waals surface area contributed by atoms with Crippen LogP contribution in [0, 0.1) is 10.1 Å². The van der Waals surface area contributed by atoms with Crippen LogP contribution in [0.2, 0.25) is 0 Å². The Morgan fingerprint density at radius 3 is 2.25 bits per heavy atom. The highest BCUT2D eigenvalue weighted by molar-refractivity contribution is 5.36. The van der Waals surface area contributed by atoms with E-state index in [0.717, 1.165) is 23.4 Å². The molecule has 0 aliphatic heterocycles. The minimum atomic E-state index is -0.431. The molecule has 0 saturated carbocycles. The Morgan fingerprint density at radius 1 is 1.30 bits per heavy atom. The summed E-state index contributed by atoms with van der Waals surface area (Å²) in [6.45, 7) is 9.15.